The lowest BCUT2D eigenvalue weighted by Gasteiger charge is -2.23. The van der Waals surface area contributed by atoms with Crippen molar-refractivity contribution in [3.05, 3.63) is 0 Å². The van der Waals surface area contributed by atoms with E-state index in [4.69, 9.17) is 14.6 Å². The summed E-state index contributed by atoms with van der Waals surface area (Å²) in [5, 5.41) is 8.94. The molecular weight excluding hydrogens is 252 g/mol. The molecular formula is C17H36O3. The normalized spacial score (nSPS) is 12.9. The molecule has 0 rings (SSSR count). The molecule has 3 heteroatoms. The zero-order chi connectivity index (χ0) is 15.5. The second-order valence-electron chi connectivity index (χ2n) is 7.23. The van der Waals surface area contributed by atoms with Gasteiger partial charge in [-0.05, 0) is 36.5 Å². The molecule has 0 unspecified atom stereocenters. The molecule has 0 atom stereocenters. The van der Waals surface area contributed by atoms with Crippen LogP contribution in [0.15, 0.2) is 0 Å². The predicted molar refractivity (Wildman–Crippen MR) is 85.0 cm³/mol. The minimum atomic E-state index is 0.178. The molecule has 0 aromatic rings. The van der Waals surface area contributed by atoms with Gasteiger partial charge >= 0.3 is 0 Å². The van der Waals surface area contributed by atoms with E-state index in [2.05, 4.69) is 34.6 Å². The van der Waals surface area contributed by atoms with Crippen molar-refractivity contribution in [3.63, 3.8) is 0 Å². The minimum absolute atomic E-state index is 0.178. The fourth-order valence-corrected chi connectivity index (χ4v) is 1.77. The number of hydrogen-bond acceptors (Lipinski definition) is 3. The smallest absolute Gasteiger partial charge is 0.0487 e. The maximum atomic E-state index is 8.94. The van der Waals surface area contributed by atoms with Crippen molar-refractivity contribution in [2.45, 2.75) is 66.7 Å². The van der Waals surface area contributed by atoms with Gasteiger partial charge in [-0.1, -0.05) is 41.0 Å². The quantitative estimate of drug-likeness (QED) is 0.520. The van der Waals surface area contributed by atoms with E-state index >= 15 is 0 Å². The molecule has 0 heterocycles. The topological polar surface area (TPSA) is 38.7 Å². The van der Waals surface area contributed by atoms with Crippen molar-refractivity contribution in [1.82, 2.24) is 0 Å². The second-order valence-corrected chi connectivity index (χ2v) is 7.23. The van der Waals surface area contributed by atoms with Crippen LogP contribution >= 0.6 is 0 Å². The van der Waals surface area contributed by atoms with Crippen LogP contribution in [0.5, 0.6) is 0 Å². The number of aliphatic hydroxyl groups excluding tert-OH is 1. The van der Waals surface area contributed by atoms with Crippen LogP contribution in [0.4, 0.5) is 0 Å². The predicted octanol–water partition coefficient (Wildman–Crippen LogP) is 4.03. The third-order valence-electron chi connectivity index (χ3n) is 4.17. The molecule has 0 aromatic carbocycles. The Morgan fingerprint density at radius 2 is 1.25 bits per heavy atom. The first-order chi connectivity index (χ1) is 9.33. The summed E-state index contributed by atoms with van der Waals surface area (Å²) in [6.45, 7) is 14.6. The SMILES string of the molecule is CCC(C)(C)CCOCCCOCCC(C)(C)CCO. The molecule has 0 aliphatic carbocycles. The molecule has 0 fully saturated rings. The standard InChI is InChI=1S/C17H36O3/c1-6-16(2,3)9-14-19-12-7-13-20-15-10-17(4,5)8-11-18/h18H,6-15H2,1-5H3. The van der Waals surface area contributed by atoms with Gasteiger partial charge in [0.2, 0.25) is 0 Å². The van der Waals surface area contributed by atoms with Crippen molar-refractivity contribution in [3.8, 4) is 0 Å². The third kappa shape index (κ3) is 11.7. The van der Waals surface area contributed by atoms with Gasteiger partial charge in [-0.25, -0.2) is 0 Å². The molecule has 122 valence electrons. The number of hydrogen-bond donors (Lipinski definition) is 1. The van der Waals surface area contributed by atoms with Crippen LogP contribution in [0.25, 0.3) is 0 Å². The maximum Gasteiger partial charge on any atom is 0.0487 e. The van der Waals surface area contributed by atoms with E-state index in [9.17, 15) is 0 Å². The first-order valence-corrected chi connectivity index (χ1v) is 8.09. The van der Waals surface area contributed by atoms with Crippen LogP contribution in [0.2, 0.25) is 0 Å². The lowest BCUT2D eigenvalue weighted by molar-refractivity contribution is 0.0576. The molecule has 0 saturated heterocycles. The monoisotopic (exact) mass is 288 g/mol. The lowest BCUT2D eigenvalue weighted by Crippen LogP contribution is -2.17. The average molecular weight is 288 g/mol. The van der Waals surface area contributed by atoms with E-state index < -0.39 is 0 Å². The number of aliphatic hydroxyl groups is 1. The molecule has 0 aliphatic heterocycles. The van der Waals surface area contributed by atoms with Gasteiger partial charge in [0.25, 0.3) is 0 Å². The Balaban J connectivity index is 3.33. The zero-order valence-electron chi connectivity index (χ0n) is 14.3. The van der Waals surface area contributed by atoms with Crippen LogP contribution in [-0.4, -0.2) is 38.1 Å². The zero-order valence-corrected chi connectivity index (χ0v) is 14.3. The summed E-state index contributed by atoms with van der Waals surface area (Å²) in [7, 11) is 0. The number of ether oxygens (including phenoxy) is 2. The molecule has 0 aromatic heterocycles. The molecule has 0 saturated carbocycles. The molecule has 0 spiro atoms. The molecule has 0 aliphatic rings. The largest absolute Gasteiger partial charge is 0.396 e. The van der Waals surface area contributed by atoms with Crippen LogP contribution in [0.3, 0.4) is 0 Å². The number of rotatable bonds is 13. The van der Waals surface area contributed by atoms with Crippen molar-refractivity contribution in [1.29, 1.82) is 0 Å². The van der Waals surface area contributed by atoms with Gasteiger partial charge in [-0.3, -0.25) is 0 Å². The summed E-state index contributed by atoms with van der Waals surface area (Å²) in [5.74, 6) is 0. The van der Waals surface area contributed by atoms with Crippen LogP contribution in [-0.2, 0) is 9.47 Å². The summed E-state index contributed by atoms with van der Waals surface area (Å²) < 4.78 is 11.3. The molecule has 0 bridgehead atoms. The first kappa shape index (κ1) is 19.9. The summed E-state index contributed by atoms with van der Waals surface area (Å²) in [5.41, 5.74) is 0.575. The summed E-state index contributed by atoms with van der Waals surface area (Å²) in [4.78, 5) is 0. The van der Waals surface area contributed by atoms with Crippen LogP contribution < -0.4 is 0 Å². The van der Waals surface area contributed by atoms with Crippen molar-refractivity contribution in [2.75, 3.05) is 33.0 Å². The van der Waals surface area contributed by atoms with E-state index in [1.54, 1.807) is 0 Å². The van der Waals surface area contributed by atoms with Crippen molar-refractivity contribution < 1.29 is 14.6 Å². The highest BCUT2D eigenvalue weighted by atomic mass is 16.5. The summed E-state index contributed by atoms with van der Waals surface area (Å²) >= 11 is 0. The second kappa shape index (κ2) is 10.6. The van der Waals surface area contributed by atoms with Gasteiger partial charge < -0.3 is 14.6 Å². The van der Waals surface area contributed by atoms with Crippen molar-refractivity contribution in [2.24, 2.45) is 10.8 Å². The Labute approximate surface area is 126 Å². The van der Waals surface area contributed by atoms with E-state index in [0.717, 1.165) is 52.1 Å². The highest BCUT2D eigenvalue weighted by Crippen LogP contribution is 2.24. The van der Waals surface area contributed by atoms with Gasteiger partial charge in [-0.2, -0.15) is 0 Å². The molecule has 0 amide bonds. The van der Waals surface area contributed by atoms with Crippen molar-refractivity contribution >= 4 is 0 Å². The Hall–Kier alpha value is -0.120. The molecule has 3 nitrogen and oxygen atoms in total. The Morgan fingerprint density at radius 1 is 0.750 bits per heavy atom. The van der Waals surface area contributed by atoms with Crippen LogP contribution in [0.1, 0.15) is 66.7 Å². The van der Waals surface area contributed by atoms with Gasteiger partial charge in [0.05, 0.1) is 0 Å². The van der Waals surface area contributed by atoms with Gasteiger partial charge in [0.15, 0.2) is 0 Å². The molecule has 1 N–H and O–H groups in total. The van der Waals surface area contributed by atoms with E-state index in [1.807, 2.05) is 0 Å². The Morgan fingerprint density at radius 3 is 1.70 bits per heavy atom. The first-order valence-electron chi connectivity index (χ1n) is 8.09. The molecule has 0 radical (unpaired) electrons. The summed E-state index contributed by atoms with van der Waals surface area (Å²) in [6, 6.07) is 0. The fourth-order valence-electron chi connectivity index (χ4n) is 1.77. The Kier molecular flexibility index (Phi) is 10.5. The molecule has 20 heavy (non-hydrogen) atoms. The summed E-state index contributed by atoms with van der Waals surface area (Å²) in [6.07, 6.45) is 5.13. The van der Waals surface area contributed by atoms with Gasteiger partial charge in [0, 0.05) is 33.0 Å². The van der Waals surface area contributed by atoms with Gasteiger partial charge in [0.1, 0.15) is 0 Å². The fraction of sp³-hybridized carbons (Fsp3) is 1.00. The minimum Gasteiger partial charge on any atom is -0.396 e. The Bertz CT molecular complexity index is 224. The average Bonchev–Trinajstić information content (AvgIpc) is 2.36. The van der Waals surface area contributed by atoms with Crippen LogP contribution in [0, 0.1) is 10.8 Å². The van der Waals surface area contributed by atoms with E-state index in [-0.39, 0.29) is 12.0 Å². The highest BCUT2D eigenvalue weighted by Gasteiger charge is 2.16. The third-order valence-corrected chi connectivity index (χ3v) is 4.17. The highest BCUT2D eigenvalue weighted by molar-refractivity contribution is 4.67. The van der Waals surface area contributed by atoms with E-state index in [0.29, 0.717) is 5.41 Å². The van der Waals surface area contributed by atoms with E-state index in [1.165, 1.54) is 6.42 Å². The maximum absolute atomic E-state index is 8.94. The lowest BCUT2D eigenvalue weighted by atomic mass is 9.86. The van der Waals surface area contributed by atoms with Gasteiger partial charge in [-0.15, -0.1) is 0 Å².